The van der Waals surface area contributed by atoms with Gasteiger partial charge in [-0.05, 0) is 18.2 Å². The van der Waals surface area contributed by atoms with Crippen LogP contribution in [0.15, 0.2) is 18.2 Å². The molecular formula is C17H21F5N4O3. The average molecular weight is 424 g/mol. The molecule has 0 saturated carbocycles. The Labute approximate surface area is 163 Å². The van der Waals surface area contributed by atoms with Gasteiger partial charge in [0.25, 0.3) is 18.8 Å². The van der Waals surface area contributed by atoms with Gasteiger partial charge in [-0.15, -0.1) is 0 Å². The topological polar surface area (TPSA) is 87.9 Å². The average Bonchev–Trinajstić information content (AvgIpc) is 2.62. The number of anilines is 2. The van der Waals surface area contributed by atoms with E-state index in [4.69, 9.17) is 10.5 Å². The lowest BCUT2D eigenvalue weighted by atomic mass is 10.2. The van der Waals surface area contributed by atoms with E-state index in [2.05, 4.69) is 5.32 Å². The van der Waals surface area contributed by atoms with Crippen molar-refractivity contribution >= 4 is 23.2 Å². The zero-order valence-electron chi connectivity index (χ0n) is 15.3. The molecule has 0 spiro atoms. The minimum atomic E-state index is -2.95. The maximum atomic E-state index is 14.4. The molecule has 1 saturated heterocycles. The number of hydrogen-bond acceptors (Lipinski definition) is 5. The molecule has 1 aliphatic heterocycles. The molecule has 1 aliphatic rings. The Morgan fingerprint density at radius 2 is 1.90 bits per heavy atom. The largest absolute Gasteiger partial charge is 0.370 e. The first kappa shape index (κ1) is 23.0. The van der Waals surface area contributed by atoms with E-state index in [0.717, 1.165) is 6.07 Å². The predicted molar refractivity (Wildman–Crippen MR) is 94.6 cm³/mol. The lowest BCUT2D eigenvalue weighted by molar-refractivity contribution is -0.126. The number of ether oxygens (including phenoxy) is 1. The first-order valence-corrected chi connectivity index (χ1v) is 8.71. The van der Waals surface area contributed by atoms with Crippen LogP contribution in [-0.2, 0) is 14.3 Å². The van der Waals surface area contributed by atoms with Crippen LogP contribution in [0.2, 0.25) is 0 Å². The summed E-state index contributed by atoms with van der Waals surface area (Å²) in [7, 11) is 0. The maximum absolute atomic E-state index is 14.4. The van der Waals surface area contributed by atoms with Crippen molar-refractivity contribution in [1.29, 1.82) is 0 Å². The van der Waals surface area contributed by atoms with Gasteiger partial charge in [0.15, 0.2) is 0 Å². The molecule has 0 aliphatic carbocycles. The molecule has 0 radical (unpaired) electrons. The Hall–Kier alpha value is -2.31. The molecule has 2 rings (SSSR count). The zero-order valence-corrected chi connectivity index (χ0v) is 15.3. The second-order valence-electron chi connectivity index (χ2n) is 6.24. The van der Waals surface area contributed by atoms with Crippen LogP contribution in [0.3, 0.4) is 0 Å². The number of benzene rings is 1. The molecule has 0 bridgehead atoms. The molecule has 0 aromatic heterocycles. The van der Waals surface area contributed by atoms with E-state index in [-0.39, 0.29) is 31.1 Å². The molecule has 1 aromatic carbocycles. The first-order valence-electron chi connectivity index (χ1n) is 8.71. The molecule has 1 atom stereocenters. The summed E-state index contributed by atoms with van der Waals surface area (Å²) in [6.07, 6.45) is -5.89. The van der Waals surface area contributed by atoms with Gasteiger partial charge in [-0.25, -0.2) is 22.0 Å². The van der Waals surface area contributed by atoms with Crippen molar-refractivity contribution in [2.24, 2.45) is 5.73 Å². The van der Waals surface area contributed by atoms with E-state index in [1.165, 1.54) is 17.0 Å². The first-order chi connectivity index (χ1) is 13.7. The number of alkyl halides is 4. The SMILES string of the molecule is NC[C@@H](C(=O)Nc1ccc(N2CCOCC2=O)c(F)c1)N(CC(F)F)CC(F)F. The summed E-state index contributed by atoms with van der Waals surface area (Å²) in [5.41, 5.74) is 5.38. The van der Waals surface area contributed by atoms with Crippen molar-refractivity contribution in [2.75, 3.05) is 49.6 Å². The van der Waals surface area contributed by atoms with Gasteiger partial charge in [-0.2, -0.15) is 0 Å². The van der Waals surface area contributed by atoms with Gasteiger partial charge in [0.05, 0.1) is 25.4 Å². The van der Waals surface area contributed by atoms with Gasteiger partial charge in [0.2, 0.25) is 5.91 Å². The van der Waals surface area contributed by atoms with E-state index in [9.17, 15) is 31.5 Å². The highest BCUT2D eigenvalue weighted by molar-refractivity contribution is 5.97. The van der Waals surface area contributed by atoms with Crippen LogP contribution in [0.25, 0.3) is 0 Å². The van der Waals surface area contributed by atoms with Crippen LogP contribution < -0.4 is 16.0 Å². The summed E-state index contributed by atoms with van der Waals surface area (Å²) >= 11 is 0. The molecule has 1 aromatic rings. The van der Waals surface area contributed by atoms with Gasteiger partial charge in [0, 0.05) is 18.8 Å². The third kappa shape index (κ3) is 6.34. The van der Waals surface area contributed by atoms with Crippen LogP contribution in [-0.4, -0.2) is 75.0 Å². The second kappa shape index (κ2) is 10.5. The molecule has 7 nitrogen and oxygen atoms in total. The van der Waals surface area contributed by atoms with Crippen LogP contribution in [0.5, 0.6) is 0 Å². The van der Waals surface area contributed by atoms with E-state index < -0.39 is 56.2 Å². The highest BCUT2D eigenvalue weighted by Crippen LogP contribution is 2.24. The molecule has 0 unspecified atom stereocenters. The molecule has 162 valence electrons. The van der Waals surface area contributed by atoms with Crippen LogP contribution in [0.4, 0.5) is 33.3 Å². The van der Waals surface area contributed by atoms with Crippen molar-refractivity contribution in [3.05, 3.63) is 24.0 Å². The molecule has 1 heterocycles. The quantitative estimate of drug-likeness (QED) is 0.584. The number of nitrogens with two attached hydrogens (primary N) is 1. The zero-order chi connectivity index (χ0) is 21.6. The van der Waals surface area contributed by atoms with E-state index in [1.807, 2.05) is 0 Å². The summed E-state index contributed by atoms with van der Waals surface area (Å²) in [5.74, 6) is -2.16. The second-order valence-corrected chi connectivity index (χ2v) is 6.24. The molecule has 3 N–H and O–H groups in total. The molecule has 2 amide bonds. The van der Waals surface area contributed by atoms with Crippen molar-refractivity contribution in [3.63, 3.8) is 0 Å². The van der Waals surface area contributed by atoms with E-state index in [1.54, 1.807) is 0 Å². The number of halogens is 5. The van der Waals surface area contributed by atoms with Gasteiger partial charge >= 0.3 is 0 Å². The minimum absolute atomic E-state index is 0.0105. The van der Waals surface area contributed by atoms with E-state index >= 15 is 0 Å². The molecule has 12 heteroatoms. The number of carbonyl (C=O) groups is 2. The third-order valence-electron chi connectivity index (χ3n) is 4.20. The Morgan fingerprint density at radius 3 is 2.41 bits per heavy atom. The Kier molecular flexibility index (Phi) is 8.29. The molecular weight excluding hydrogens is 403 g/mol. The third-order valence-corrected chi connectivity index (χ3v) is 4.20. The van der Waals surface area contributed by atoms with Crippen molar-refractivity contribution in [3.8, 4) is 0 Å². The fourth-order valence-corrected chi connectivity index (χ4v) is 2.91. The number of morpholine rings is 1. The fourth-order valence-electron chi connectivity index (χ4n) is 2.91. The smallest absolute Gasteiger partial charge is 0.253 e. The minimum Gasteiger partial charge on any atom is -0.370 e. The summed E-state index contributed by atoms with van der Waals surface area (Å²) < 4.78 is 70.1. The van der Waals surface area contributed by atoms with Gasteiger partial charge in [-0.1, -0.05) is 0 Å². The highest BCUT2D eigenvalue weighted by atomic mass is 19.3. The standard InChI is InChI=1S/C17H21F5N4O3/c18-11-5-10(1-2-12(11)26-3-4-29-9-16(26)27)24-17(28)13(6-23)25(7-14(19)20)8-15(21)22/h1-2,5,13-15H,3-4,6-9,23H2,(H,24,28)/t13-/m0/s1. The lowest BCUT2D eigenvalue weighted by Gasteiger charge is -2.29. The number of amides is 2. The number of hydrogen-bond donors (Lipinski definition) is 2. The number of nitrogens with one attached hydrogen (secondary N) is 1. The summed E-state index contributed by atoms with van der Waals surface area (Å²) in [4.78, 5) is 26.0. The molecule has 1 fully saturated rings. The predicted octanol–water partition coefficient (Wildman–Crippen LogP) is 1.29. The van der Waals surface area contributed by atoms with Crippen LogP contribution in [0, 0.1) is 5.82 Å². The number of nitrogens with zero attached hydrogens (tertiary/aromatic N) is 2. The Morgan fingerprint density at radius 1 is 1.24 bits per heavy atom. The van der Waals surface area contributed by atoms with Gasteiger partial charge < -0.3 is 20.7 Å². The summed E-state index contributed by atoms with van der Waals surface area (Å²) in [6.45, 7) is -2.40. The lowest BCUT2D eigenvalue weighted by Crippen LogP contribution is -2.51. The van der Waals surface area contributed by atoms with Crippen LogP contribution >= 0.6 is 0 Å². The maximum Gasteiger partial charge on any atom is 0.253 e. The van der Waals surface area contributed by atoms with Crippen molar-refractivity contribution < 1.29 is 36.3 Å². The van der Waals surface area contributed by atoms with Crippen LogP contribution in [0.1, 0.15) is 0 Å². The highest BCUT2D eigenvalue weighted by Gasteiger charge is 2.30. The van der Waals surface area contributed by atoms with Gasteiger partial charge in [0.1, 0.15) is 18.5 Å². The van der Waals surface area contributed by atoms with Crippen molar-refractivity contribution in [2.45, 2.75) is 18.9 Å². The van der Waals surface area contributed by atoms with E-state index in [0.29, 0.717) is 4.90 Å². The fraction of sp³-hybridized carbons (Fsp3) is 0.529. The van der Waals surface area contributed by atoms with Crippen molar-refractivity contribution in [1.82, 2.24) is 4.90 Å². The Balaban J connectivity index is 2.13. The number of carbonyl (C=O) groups excluding carboxylic acids is 2. The monoisotopic (exact) mass is 424 g/mol. The summed E-state index contributed by atoms with van der Waals surface area (Å²) in [6, 6.07) is 2.05. The molecule has 29 heavy (non-hydrogen) atoms. The van der Waals surface area contributed by atoms with Gasteiger partial charge in [-0.3, -0.25) is 14.5 Å². The Bertz CT molecular complexity index is 712. The normalized spacial score (nSPS) is 16.0. The summed E-state index contributed by atoms with van der Waals surface area (Å²) in [5, 5.41) is 2.28. The number of rotatable bonds is 9.